The summed E-state index contributed by atoms with van der Waals surface area (Å²) in [5, 5.41) is 0. The van der Waals surface area contributed by atoms with E-state index in [-0.39, 0.29) is 32.0 Å². The van der Waals surface area contributed by atoms with Crippen LogP contribution < -0.4 is 0 Å². The highest BCUT2D eigenvalue weighted by atomic mass is 31.2. The monoisotopic (exact) mass is 893 g/mol. The van der Waals surface area contributed by atoms with E-state index in [2.05, 4.69) is 62.5 Å². The van der Waals surface area contributed by atoms with Crippen LogP contribution in [0.15, 0.2) is 60.8 Å². The van der Waals surface area contributed by atoms with E-state index < -0.39 is 26.5 Å². The molecule has 0 aliphatic rings. The number of unbranched alkanes of at least 4 members (excludes halogenated alkanes) is 21. The van der Waals surface area contributed by atoms with Crippen molar-refractivity contribution in [2.45, 2.75) is 213 Å². The van der Waals surface area contributed by atoms with Crippen molar-refractivity contribution < 1.29 is 42.1 Å². The minimum Gasteiger partial charge on any atom is -0.462 e. The number of hydrogen-bond donors (Lipinski definition) is 1. The fraction of sp³-hybridized carbons (Fsp3) is 0.769. The van der Waals surface area contributed by atoms with Gasteiger partial charge in [0, 0.05) is 12.8 Å². The lowest BCUT2D eigenvalue weighted by Gasteiger charge is -2.24. The summed E-state index contributed by atoms with van der Waals surface area (Å²) in [5.74, 6) is -0.892. The molecule has 0 aliphatic heterocycles. The number of likely N-dealkylation sites (N-methyl/N-ethyl adjacent to an activating group) is 1. The number of hydrogen-bond acceptors (Lipinski definition) is 7. The quantitative estimate of drug-likeness (QED) is 0.0212. The molecule has 0 fully saturated rings. The Labute approximate surface area is 381 Å². The highest BCUT2D eigenvalue weighted by Crippen LogP contribution is 2.43. The minimum atomic E-state index is -4.40. The largest absolute Gasteiger partial charge is 0.472 e. The second-order valence-corrected chi connectivity index (χ2v) is 19.3. The summed E-state index contributed by atoms with van der Waals surface area (Å²) in [6.45, 7) is 4.23. The molecule has 2 atom stereocenters. The van der Waals surface area contributed by atoms with E-state index in [0.717, 1.165) is 44.9 Å². The summed E-state index contributed by atoms with van der Waals surface area (Å²) in [4.78, 5) is 35.4. The number of ether oxygens (including phenoxy) is 2. The Balaban J connectivity index is 4.21. The SMILES string of the molecule is CC/C=C\C/C=C\C/C=C\C/C=C\CCC(=O)OC(COC(=O)CCCCCCCCCCCCCCC/C=C\CCCCCCCCCC)COP(=O)(O)OCC[N+](C)(C)C. The summed E-state index contributed by atoms with van der Waals surface area (Å²) in [5.41, 5.74) is 0. The van der Waals surface area contributed by atoms with Gasteiger partial charge >= 0.3 is 19.8 Å². The first-order valence-corrected chi connectivity index (χ1v) is 26.5. The van der Waals surface area contributed by atoms with Gasteiger partial charge in [0.15, 0.2) is 6.10 Å². The summed E-state index contributed by atoms with van der Waals surface area (Å²) < 4.78 is 34.3. The van der Waals surface area contributed by atoms with Crippen LogP contribution in [0.3, 0.4) is 0 Å². The third kappa shape index (κ3) is 47.2. The number of carbonyl (C=O) groups excluding carboxylic acids is 2. The number of quaternary nitrogens is 1. The molecule has 0 spiro atoms. The second-order valence-electron chi connectivity index (χ2n) is 17.8. The number of rotatable bonds is 45. The lowest BCUT2D eigenvalue weighted by molar-refractivity contribution is -0.870. The molecular formula is C52H95NO8P+. The first kappa shape index (κ1) is 59.7. The van der Waals surface area contributed by atoms with Crippen molar-refractivity contribution in [2.75, 3.05) is 47.5 Å². The van der Waals surface area contributed by atoms with E-state index in [4.69, 9.17) is 18.5 Å². The Hall–Kier alpha value is -2.29. The standard InChI is InChI=1S/C52H94NO8P/c1-6-8-10-12-14-16-18-20-21-22-23-24-25-26-27-28-29-30-31-33-34-36-38-40-42-44-51(54)58-48-50(49-60-62(56,57)59-47-46-53(3,4)5)61-52(55)45-43-41-39-37-35-32-19-17-15-13-11-9-7-2/h9,11,15,17,22-23,32,35,39,41,50H,6-8,10,12-14,16,18-21,24-31,33-34,36-38,40,42-49H2,1-5H3/p+1/b11-9-,17-15-,23-22-,35-32-,41-39-. The summed E-state index contributed by atoms with van der Waals surface area (Å²) >= 11 is 0. The maximum absolute atomic E-state index is 12.7. The van der Waals surface area contributed by atoms with Crippen LogP contribution in [0.2, 0.25) is 0 Å². The van der Waals surface area contributed by atoms with Gasteiger partial charge in [-0.3, -0.25) is 18.6 Å². The third-order valence-corrected chi connectivity index (χ3v) is 11.5. The maximum Gasteiger partial charge on any atom is 0.472 e. The topological polar surface area (TPSA) is 108 Å². The van der Waals surface area contributed by atoms with Crippen LogP contribution in [-0.2, 0) is 32.7 Å². The van der Waals surface area contributed by atoms with Gasteiger partial charge in [-0.05, 0) is 64.2 Å². The van der Waals surface area contributed by atoms with Gasteiger partial charge in [0.05, 0.1) is 27.7 Å². The number of phosphoric ester groups is 1. The average Bonchev–Trinajstić information content (AvgIpc) is 3.23. The fourth-order valence-corrected chi connectivity index (χ4v) is 7.41. The zero-order valence-electron chi connectivity index (χ0n) is 40.6. The smallest absolute Gasteiger partial charge is 0.462 e. The van der Waals surface area contributed by atoms with Gasteiger partial charge in [-0.2, -0.15) is 0 Å². The minimum absolute atomic E-state index is 0.0175. The molecule has 62 heavy (non-hydrogen) atoms. The van der Waals surface area contributed by atoms with Gasteiger partial charge in [-0.25, -0.2) is 4.57 Å². The molecule has 0 saturated carbocycles. The summed E-state index contributed by atoms with van der Waals surface area (Å²) in [6, 6.07) is 0. The van der Waals surface area contributed by atoms with Gasteiger partial charge < -0.3 is 18.9 Å². The molecule has 1 N–H and O–H groups in total. The van der Waals surface area contributed by atoms with E-state index in [1.807, 2.05) is 33.3 Å². The zero-order valence-corrected chi connectivity index (χ0v) is 41.5. The van der Waals surface area contributed by atoms with Crippen LogP contribution >= 0.6 is 7.82 Å². The molecule has 0 bridgehead atoms. The van der Waals surface area contributed by atoms with E-state index in [0.29, 0.717) is 17.4 Å². The van der Waals surface area contributed by atoms with Crippen molar-refractivity contribution in [3.05, 3.63) is 60.8 Å². The number of carbonyl (C=O) groups is 2. The van der Waals surface area contributed by atoms with Crippen molar-refractivity contribution >= 4 is 19.8 Å². The lowest BCUT2D eigenvalue weighted by Crippen LogP contribution is -2.37. The van der Waals surface area contributed by atoms with Crippen LogP contribution in [0, 0.1) is 0 Å². The van der Waals surface area contributed by atoms with Gasteiger partial charge in [-0.15, -0.1) is 0 Å². The highest BCUT2D eigenvalue weighted by Gasteiger charge is 2.27. The molecule has 0 aromatic rings. The molecular weight excluding hydrogens is 798 g/mol. The summed E-state index contributed by atoms with van der Waals surface area (Å²) in [7, 11) is 1.43. The van der Waals surface area contributed by atoms with E-state index in [1.165, 1.54) is 128 Å². The number of esters is 2. The Bertz CT molecular complexity index is 1240. The fourth-order valence-electron chi connectivity index (χ4n) is 6.67. The molecule has 0 aromatic heterocycles. The van der Waals surface area contributed by atoms with E-state index in [1.54, 1.807) is 0 Å². The number of phosphoric acid groups is 1. The zero-order chi connectivity index (χ0) is 45.7. The van der Waals surface area contributed by atoms with Crippen molar-refractivity contribution in [3.8, 4) is 0 Å². The number of allylic oxidation sites excluding steroid dienone is 10. The predicted molar refractivity (Wildman–Crippen MR) is 261 cm³/mol. The molecule has 0 amide bonds. The van der Waals surface area contributed by atoms with Crippen molar-refractivity contribution in [3.63, 3.8) is 0 Å². The van der Waals surface area contributed by atoms with E-state index in [9.17, 15) is 19.0 Å². The van der Waals surface area contributed by atoms with Gasteiger partial charge in [0.1, 0.15) is 19.8 Å². The molecule has 0 heterocycles. The van der Waals surface area contributed by atoms with Crippen molar-refractivity contribution in [1.82, 2.24) is 0 Å². The molecule has 0 aliphatic carbocycles. The van der Waals surface area contributed by atoms with Gasteiger partial charge in [-0.1, -0.05) is 190 Å². The number of nitrogens with zero attached hydrogens (tertiary/aromatic N) is 1. The van der Waals surface area contributed by atoms with E-state index >= 15 is 0 Å². The Morgan fingerprint density at radius 1 is 0.516 bits per heavy atom. The molecule has 0 rings (SSSR count). The van der Waals surface area contributed by atoms with Crippen LogP contribution in [0.5, 0.6) is 0 Å². The van der Waals surface area contributed by atoms with Crippen molar-refractivity contribution in [2.24, 2.45) is 0 Å². The van der Waals surface area contributed by atoms with Crippen LogP contribution in [-0.4, -0.2) is 74.9 Å². The first-order valence-electron chi connectivity index (χ1n) is 25.0. The second kappa shape index (κ2) is 43.9. The first-order chi connectivity index (χ1) is 30.0. The third-order valence-electron chi connectivity index (χ3n) is 10.5. The highest BCUT2D eigenvalue weighted by molar-refractivity contribution is 7.47. The average molecular weight is 893 g/mol. The Kier molecular flexibility index (Phi) is 42.3. The molecule has 2 unspecified atom stereocenters. The molecule has 0 saturated heterocycles. The maximum atomic E-state index is 12.7. The predicted octanol–water partition coefficient (Wildman–Crippen LogP) is 14.8. The van der Waals surface area contributed by atoms with Gasteiger partial charge in [0.25, 0.3) is 0 Å². The molecule has 0 radical (unpaired) electrons. The van der Waals surface area contributed by atoms with Crippen LogP contribution in [0.25, 0.3) is 0 Å². The van der Waals surface area contributed by atoms with Crippen molar-refractivity contribution in [1.29, 1.82) is 0 Å². The van der Waals surface area contributed by atoms with Crippen LogP contribution in [0.1, 0.15) is 206 Å². The Morgan fingerprint density at radius 3 is 1.44 bits per heavy atom. The molecule has 0 aromatic carbocycles. The molecule has 360 valence electrons. The lowest BCUT2D eigenvalue weighted by atomic mass is 10.0. The Morgan fingerprint density at radius 2 is 0.952 bits per heavy atom. The normalized spacial score (nSPS) is 14.0. The van der Waals surface area contributed by atoms with Gasteiger partial charge in [0.2, 0.25) is 0 Å². The molecule has 9 nitrogen and oxygen atoms in total. The molecule has 10 heteroatoms. The van der Waals surface area contributed by atoms with Crippen LogP contribution in [0.4, 0.5) is 0 Å². The summed E-state index contributed by atoms with van der Waals surface area (Å²) in [6.07, 6.45) is 54.5.